The second kappa shape index (κ2) is 4.97. The number of hydrogen-bond donors (Lipinski definition) is 1. The highest BCUT2D eigenvalue weighted by Gasteiger charge is 2.25. The first-order valence-corrected chi connectivity index (χ1v) is 7.26. The van der Waals surface area contributed by atoms with Crippen LogP contribution >= 0.6 is 0 Å². The lowest BCUT2D eigenvalue weighted by atomic mass is 10.1. The van der Waals surface area contributed by atoms with E-state index in [4.69, 9.17) is 4.74 Å². The van der Waals surface area contributed by atoms with Crippen LogP contribution in [-0.2, 0) is 14.8 Å². The third kappa shape index (κ3) is 2.81. The highest BCUT2D eigenvalue weighted by atomic mass is 32.2. The van der Waals surface area contributed by atoms with E-state index in [0.29, 0.717) is 12.5 Å². The maximum atomic E-state index is 12.0. The fourth-order valence-electron chi connectivity index (χ4n) is 1.56. The number of nitrogens with zero attached hydrogens (tertiary/aromatic N) is 1. The number of aliphatic imine (C=N–C) groups is 1. The van der Waals surface area contributed by atoms with E-state index in [1.54, 1.807) is 18.2 Å². The van der Waals surface area contributed by atoms with Gasteiger partial charge in [0.2, 0.25) is 0 Å². The van der Waals surface area contributed by atoms with Crippen LogP contribution in [0.1, 0.15) is 13.8 Å². The number of nitrogens with one attached hydrogen (secondary N) is 1. The SMILES string of the molecule is CC(C)C1COC(NS(=O)(=O)c2ccccc2)=N1. The van der Waals surface area contributed by atoms with Crippen LogP contribution in [0.2, 0.25) is 0 Å². The number of ether oxygens (including phenoxy) is 1. The third-order valence-corrected chi connectivity index (χ3v) is 4.05. The number of rotatable bonds is 3. The van der Waals surface area contributed by atoms with E-state index < -0.39 is 10.0 Å². The molecule has 0 fully saturated rings. The lowest BCUT2D eigenvalue weighted by molar-refractivity contribution is 0.286. The molecule has 1 N–H and O–H groups in total. The predicted molar refractivity (Wildman–Crippen MR) is 68.8 cm³/mol. The highest BCUT2D eigenvalue weighted by Crippen LogP contribution is 2.14. The third-order valence-electron chi connectivity index (χ3n) is 2.72. The van der Waals surface area contributed by atoms with Crippen molar-refractivity contribution in [3.05, 3.63) is 30.3 Å². The summed E-state index contributed by atoms with van der Waals surface area (Å²) < 4.78 is 31.6. The zero-order valence-electron chi connectivity index (χ0n) is 10.3. The first-order valence-electron chi connectivity index (χ1n) is 5.77. The van der Waals surface area contributed by atoms with Crippen LogP contribution in [0.25, 0.3) is 0 Å². The summed E-state index contributed by atoms with van der Waals surface area (Å²) in [5, 5.41) is 0. The van der Waals surface area contributed by atoms with Crippen molar-refractivity contribution >= 4 is 16.0 Å². The van der Waals surface area contributed by atoms with Gasteiger partial charge in [-0.25, -0.2) is 18.1 Å². The van der Waals surface area contributed by atoms with Crippen molar-refractivity contribution < 1.29 is 13.2 Å². The molecule has 5 nitrogen and oxygen atoms in total. The Morgan fingerprint density at radius 1 is 1.33 bits per heavy atom. The van der Waals surface area contributed by atoms with E-state index in [-0.39, 0.29) is 17.0 Å². The van der Waals surface area contributed by atoms with E-state index in [9.17, 15) is 8.42 Å². The molecule has 18 heavy (non-hydrogen) atoms. The molecule has 0 aromatic heterocycles. The summed E-state index contributed by atoms with van der Waals surface area (Å²) in [5.74, 6) is 0.323. The van der Waals surface area contributed by atoms with Crippen LogP contribution < -0.4 is 4.72 Å². The summed E-state index contributed by atoms with van der Waals surface area (Å²) >= 11 is 0. The molecule has 1 aromatic rings. The Morgan fingerprint density at radius 2 is 2.00 bits per heavy atom. The van der Waals surface area contributed by atoms with Crippen molar-refractivity contribution in [2.75, 3.05) is 6.61 Å². The maximum Gasteiger partial charge on any atom is 0.299 e. The zero-order valence-corrected chi connectivity index (χ0v) is 11.1. The minimum absolute atomic E-state index is 0.0125. The Bertz CT molecular complexity index is 538. The number of sulfonamides is 1. The van der Waals surface area contributed by atoms with Crippen LogP contribution in [0.15, 0.2) is 40.2 Å². The van der Waals surface area contributed by atoms with E-state index in [1.165, 1.54) is 12.1 Å². The summed E-state index contributed by atoms with van der Waals surface area (Å²) in [5.41, 5.74) is 0. The molecule has 0 amide bonds. The molecular formula is C12H16N2O3S. The standard InChI is InChI=1S/C12H16N2O3S/c1-9(2)11-8-17-12(13-11)14-18(15,16)10-6-4-3-5-7-10/h3-7,9,11H,8H2,1-2H3,(H,13,14). The van der Waals surface area contributed by atoms with Crippen molar-refractivity contribution in [2.45, 2.75) is 24.8 Å². The number of amidine groups is 1. The summed E-state index contributed by atoms with van der Waals surface area (Å²) in [6.45, 7) is 4.46. The van der Waals surface area contributed by atoms with Crippen molar-refractivity contribution in [1.29, 1.82) is 0 Å². The lowest BCUT2D eigenvalue weighted by Gasteiger charge is -2.06. The number of hydrogen-bond acceptors (Lipinski definition) is 4. The van der Waals surface area contributed by atoms with E-state index >= 15 is 0 Å². The van der Waals surface area contributed by atoms with Crippen LogP contribution in [-0.4, -0.2) is 27.1 Å². The molecule has 1 heterocycles. The molecule has 0 saturated heterocycles. The van der Waals surface area contributed by atoms with Gasteiger partial charge in [-0.1, -0.05) is 32.0 Å². The van der Waals surface area contributed by atoms with Gasteiger partial charge in [0.25, 0.3) is 16.0 Å². The molecule has 0 spiro atoms. The van der Waals surface area contributed by atoms with Crippen molar-refractivity contribution in [2.24, 2.45) is 10.9 Å². The average molecular weight is 268 g/mol. The van der Waals surface area contributed by atoms with Gasteiger partial charge in [-0.05, 0) is 18.1 Å². The van der Waals surface area contributed by atoms with Gasteiger partial charge in [-0.2, -0.15) is 0 Å². The van der Waals surface area contributed by atoms with Gasteiger partial charge in [0.1, 0.15) is 6.61 Å². The Morgan fingerprint density at radius 3 is 2.56 bits per heavy atom. The fourth-order valence-corrected chi connectivity index (χ4v) is 2.54. The Labute approximate surface area is 107 Å². The van der Waals surface area contributed by atoms with Crippen LogP contribution in [0, 0.1) is 5.92 Å². The second-order valence-corrected chi connectivity index (χ2v) is 6.16. The Hall–Kier alpha value is -1.56. The van der Waals surface area contributed by atoms with E-state index in [2.05, 4.69) is 9.71 Å². The molecular weight excluding hydrogens is 252 g/mol. The molecule has 1 unspecified atom stereocenters. The Balaban J connectivity index is 2.13. The summed E-state index contributed by atoms with van der Waals surface area (Å²) in [4.78, 5) is 4.40. The van der Waals surface area contributed by atoms with Gasteiger partial charge in [0.05, 0.1) is 10.9 Å². The van der Waals surface area contributed by atoms with Gasteiger partial charge in [0.15, 0.2) is 0 Å². The van der Waals surface area contributed by atoms with Crippen molar-refractivity contribution in [3.8, 4) is 0 Å². The zero-order chi connectivity index (χ0) is 13.2. The molecule has 1 aromatic carbocycles. The molecule has 0 saturated carbocycles. The monoisotopic (exact) mass is 268 g/mol. The average Bonchev–Trinajstić information content (AvgIpc) is 2.78. The van der Waals surface area contributed by atoms with Gasteiger partial charge >= 0.3 is 0 Å². The van der Waals surface area contributed by atoms with E-state index in [0.717, 1.165) is 0 Å². The minimum atomic E-state index is -3.60. The molecule has 0 bridgehead atoms. The molecule has 1 atom stereocenters. The first kappa shape index (κ1) is 12.9. The van der Waals surface area contributed by atoms with Crippen molar-refractivity contribution in [1.82, 2.24) is 4.72 Å². The van der Waals surface area contributed by atoms with Crippen LogP contribution in [0.5, 0.6) is 0 Å². The molecule has 98 valence electrons. The largest absolute Gasteiger partial charge is 0.462 e. The summed E-state index contributed by atoms with van der Waals surface area (Å²) in [6.07, 6.45) is 0. The van der Waals surface area contributed by atoms with Gasteiger partial charge < -0.3 is 4.74 Å². The molecule has 1 aliphatic heterocycles. The topological polar surface area (TPSA) is 67.8 Å². The van der Waals surface area contributed by atoms with Gasteiger partial charge in [-0.3, -0.25) is 0 Å². The predicted octanol–water partition coefficient (Wildman–Crippen LogP) is 1.38. The smallest absolute Gasteiger partial charge is 0.299 e. The fraction of sp³-hybridized carbons (Fsp3) is 0.417. The lowest BCUT2D eigenvalue weighted by Crippen LogP contribution is -2.30. The molecule has 0 aliphatic carbocycles. The Kier molecular flexibility index (Phi) is 3.56. The highest BCUT2D eigenvalue weighted by molar-refractivity contribution is 7.90. The minimum Gasteiger partial charge on any atom is -0.462 e. The van der Waals surface area contributed by atoms with Crippen LogP contribution in [0.3, 0.4) is 0 Å². The van der Waals surface area contributed by atoms with Crippen molar-refractivity contribution in [3.63, 3.8) is 0 Å². The quantitative estimate of drug-likeness (QED) is 0.900. The second-order valence-electron chi connectivity index (χ2n) is 4.48. The summed E-state index contributed by atoms with van der Waals surface area (Å²) in [6, 6.07) is 8.24. The van der Waals surface area contributed by atoms with Crippen LogP contribution in [0.4, 0.5) is 0 Å². The van der Waals surface area contributed by atoms with Gasteiger partial charge in [-0.15, -0.1) is 0 Å². The maximum absolute atomic E-state index is 12.0. The molecule has 2 rings (SSSR count). The summed E-state index contributed by atoms with van der Waals surface area (Å²) in [7, 11) is -3.60. The number of benzene rings is 1. The van der Waals surface area contributed by atoms with Gasteiger partial charge in [0, 0.05) is 0 Å². The normalized spacial score (nSPS) is 19.5. The molecule has 0 radical (unpaired) electrons. The molecule has 1 aliphatic rings. The van der Waals surface area contributed by atoms with E-state index in [1.807, 2.05) is 13.8 Å². The molecule has 6 heteroatoms. The first-order chi connectivity index (χ1) is 8.49.